The van der Waals surface area contributed by atoms with Crippen molar-refractivity contribution < 1.29 is 9.53 Å². The molecule has 0 aliphatic heterocycles. The zero-order chi connectivity index (χ0) is 12.8. The molecule has 0 N–H and O–H groups in total. The lowest BCUT2D eigenvalue weighted by molar-refractivity contribution is 0.111. The van der Waals surface area contributed by atoms with E-state index in [9.17, 15) is 4.79 Å². The minimum absolute atomic E-state index is 0.587. The molecule has 0 aliphatic rings. The molecule has 0 bridgehead atoms. The fourth-order valence-corrected chi connectivity index (χ4v) is 1.81. The van der Waals surface area contributed by atoms with Crippen molar-refractivity contribution in [2.75, 3.05) is 6.61 Å². The van der Waals surface area contributed by atoms with Crippen LogP contribution in [0.2, 0.25) is 0 Å². The van der Waals surface area contributed by atoms with Crippen LogP contribution < -0.4 is 4.74 Å². The van der Waals surface area contributed by atoms with Crippen LogP contribution in [0.1, 0.15) is 22.3 Å². The van der Waals surface area contributed by atoms with Crippen LogP contribution in [0.25, 0.3) is 0 Å². The standard InChI is InChI=1S/C14H16N2O2/c1-12-4-2-5-13(10-17)14(12)18-9-3-7-16-8-6-15-11-16/h2,4-6,8,10-11H,3,7,9H2,1H3. The third-order valence-electron chi connectivity index (χ3n) is 2.74. The molecule has 0 aliphatic carbocycles. The molecule has 1 aromatic heterocycles. The van der Waals surface area contributed by atoms with E-state index in [4.69, 9.17) is 4.74 Å². The van der Waals surface area contributed by atoms with Crippen LogP contribution >= 0.6 is 0 Å². The predicted molar refractivity (Wildman–Crippen MR) is 68.9 cm³/mol. The molecule has 94 valence electrons. The van der Waals surface area contributed by atoms with Crippen LogP contribution in [-0.2, 0) is 6.54 Å². The molecule has 4 nitrogen and oxygen atoms in total. The van der Waals surface area contributed by atoms with Gasteiger partial charge in [-0.3, -0.25) is 4.79 Å². The van der Waals surface area contributed by atoms with Gasteiger partial charge in [0, 0.05) is 18.9 Å². The lowest BCUT2D eigenvalue weighted by Gasteiger charge is -2.11. The van der Waals surface area contributed by atoms with Gasteiger partial charge in [0.2, 0.25) is 0 Å². The van der Waals surface area contributed by atoms with Crippen LogP contribution in [0, 0.1) is 6.92 Å². The molecule has 0 radical (unpaired) electrons. The third kappa shape index (κ3) is 2.97. The predicted octanol–water partition coefficient (Wildman–Crippen LogP) is 2.47. The van der Waals surface area contributed by atoms with Crippen LogP contribution in [0.4, 0.5) is 0 Å². The summed E-state index contributed by atoms with van der Waals surface area (Å²) in [6.07, 6.45) is 7.17. The molecule has 0 amide bonds. The number of hydrogen-bond acceptors (Lipinski definition) is 3. The first-order valence-corrected chi connectivity index (χ1v) is 5.94. The van der Waals surface area contributed by atoms with Gasteiger partial charge in [-0.2, -0.15) is 0 Å². The molecule has 2 rings (SSSR count). The third-order valence-corrected chi connectivity index (χ3v) is 2.74. The van der Waals surface area contributed by atoms with E-state index in [2.05, 4.69) is 4.98 Å². The summed E-state index contributed by atoms with van der Waals surface area (Å²) in [5, 5.41) is 0. The highest BCUT2D eigenvalue weighted by molar-refractivity contribution is 5.80. The van der Waals surface area contributed by atoms with Crippen molar-refractivity contribution in [3.8, 4) is 5.75 Å². The highest BCUT2D eigenvalue weighted by Crippen LogP contribution is 2.21. The Bertz CT molecular complexity index is 507. The number of para-hydroxylation sites is 1. The fraction of sp³-hybridized carbons (Fsp3) is 0.286. The van der Waals surface area contributed by atoms with Crippen LogP contribution in [0.3, 0.4) is 0 Å². The van der Waals surface area contributed by atoms with Gasteiger partial charge in [-0.05, 0) is 25.0 Å². The van der Waals surface area contributed by atoms with Gasteiger partial charge < -0.3 is 9.30 Å². The Balaban J connectivity index is 1.88. The quantitative estimate of drug-likeness (QED) is 0.579. The highest BCUT2D eigenvalue weighted by atomic mass is 16.5. The second kappa shape index (κ2) is 6.00. The number of aldehydes is 1. The zero-order valence-corrected chi connectivity index (χ0v) is 10.4. The molecule has 4 heteroatoms. The lowest BCUT2D eigenvalue weighted by atomic mass is 10.1. The molecule has 0 fully saturated rings. The highest BCUT2D eigenvalue weighted by Gasteiger charge is 2.05. The smallest absolute Gasteiger partial charge is 0.153 e. The number of carbonyl (C=O) groups excluding carboxylic acids is 1. The number of nitrogens with zero attached hydrogens (tertiary/aromatic N) is 2. The van der Waals surface area contributed by atoms with E-state index in [-0.39, 0.29) is 0 Å². The second-order valence-corrected chi connectivity index (χ2v) is 4.11. The minimum atomic E-state index is 0.587. The Morgan fingerprint density at radius 1 is 1.44 bits per heavy atom. The van der Waals surface area contributed by atoms with Gasteiger partial charge in [0.05, 0.1) is 18.5 Å². The monoisotopic (exact) mass is 244 g/mol. The van der Waals surface area contributed by atoms with Gasteiger partial charge in [0.15, 0.2) is 6.29 Å². The van der Waals surface area contributed by atoms with Crippen molar-refractivity contribution in [2.24, 2.45) is 0 Å². The van der Waals surface area contributed by atoms with Gasteiger partial charge in [-0.15, -0.1) is 0 Å². The maximum atomic E-state index is 10.9. The van der Waals surface area contributed by atoms with Crippen LogP contribution in [0.5, 0.6) is 5.75 Å². The molecule has 0 saturated heterocycles. The summed E-state index contributed by atoms with van der Waals surface area (Å²) in [6.45, 7) is 3.39. The molecule has 0 spiro atoms. The first-order valence-electron chi connectivity index (χ1n) is 5.94. The van der Waals surface area contributed by atoms with E-state index < -0.39 is 0 Å². The summed E-state index contributed by atoms with van der Waals surface area (Å²) in [5.41, 5.74) is 1.60. The number of benzene rings is 1. The summed E-state index contributed by atoms with van der Waals surface area (Å²) in [7, 11) is 0. The summed E-state index contributed by atoms with van der Waals surface area (Å²) >= 11 is 0. The van der Waals surface area contributed by atoms with E-state index in [0.29, 0.717) is 17.9 Å². The number of carbonyl (C=O) groups is 1. The Kier molecular flexibility index (Phi) is 4.12. The van der Waals surface area contributed by atoms with E-state index in [1.807, 2.05) is 29.8 Å². The van der Waals surface area contributed by atoms with Crippen molar-refractivity contribution in [1.82, 2.24) is 9.55 Å². The topological polar surface area (TPSA) is 44.1 Å². The van der Waals surface area contributed by atoms with Crippen LogP contribution in [0.15, 0.2) is 36.9 Å². The number of hydrogen-bond donors (Lipinski definition) is 0. The Hall–Kier alpha value is -2.10. The van der Waals surface area contributed by atoms with Crippen molar-refractivity contribution in [1.29, 1.82) is 0 Å². The average Bonchev–Trinajstić information content (AvgIpc) is 2.89. The fourth-order valence-electron chi connectivity index (χ4n) is 1.81. The Morgan fingerprint density at radius 2 is 2.33 bits per heavy atom. The van der Waals surface area contributed by atoms with Gasteiger partial charge >= 0.3 is 0 Å². The van der Waals surface area contributed by atoms with Crippen molar-refractivity contribution in [2.45, 2.75) is 19.9 Å². The SMILES string of the molecule is Cc1cccc(C=O)c1OCCCn1ccnc1. The molecule has 0 atom stereocenters. The Labute approximate surface area is 106 Å². The van der Waals surface area contributed by atoms with Gasteiger partial charge in [-0.1, -0.05) is 12.1 Å². The summed E-state index contributed by atoms with van der Waals surface area (Å²) in [5.74, 6) is 0.693. The first kappa shape index (κ1) is 12.4. The molecule has 1 heterocycles. The molecular formula is C14H16N2O2. The van der Waals surface area contributed by atoms with Crippen molar-refractivity contribution in [3.63, 3.8) is 0 Å². The summed E-state index contributed by atoms with van der Waals surface area (Å²) in [4.78, 5) is 14.9. The Morgan fingerprint density at radius 3 is 3.06 bits per heavy atom. The number of aromatic nitrogens is 2. The average molecular weight is 244 g/mol. The first-order chi connectivity index (χ1) is 8.81. The van der Waals surface area contributed by atoms with Crippen molar-refractivity contribution in [3.05, 3.63) is 48.0 Å². The van der Waals surface area contributed by atoms with E-state index >= 15 is 0 Å². The largest absolute Gasteiger partial charge is 0.492 e. The number of imidazole rings is 1. The van der Waals surface area contributed by atoms with Gasteiger partial charge in [-0.25, -0.2) is 4.98 Å². The molecular weight excluding hydrogens is 228 g/mol. The molecule has 18 heavy (non-hydrogen) atoms. The maximum Gasteiger partial charge on any atom is 0.153 e. The van der Waals surface area contributed by atoms with Crippen LogP contribution in [-0.4, -0.2) is 22.4 Å². The van der Waals surface area contributed by atoms with E-state index in [0.717, 1.165) is 24.8 Å². The molecule has 0 saturated carbocycles. The zero-order valence-electron chi connectivity index (χ0n) is 10.4. The molecule has 0 unspecified atom stereocenters. The minimum Gasteiger partial charge on any atom is -0.492 e. The number of ether oxygens (including phenoxy) is 1. The normalized spacial score (nSPS) is 10.3. The van der Waals surface area contributed by atoms with E-state index in [1.165, 1.54) is 0 Å². The molecule has 2 aromatic rings. The van der Waals surface area contributed by atoms with Gasteiger partial charge in [0.1, 0.15) is 5.75 Å². The molecule has 1 aromatic carbocycles. The van der Waals surface area contributed by atoms with E-state index in [1.54, 1.807) is 18.6 Å². The summed E-state index contributed by atoms with van der Waals surface area (Å²) < 4.78 is 7.69. The summed E-state index contributed by atoms with van der Waals surface area (Å²) in [6, 6.07) is 5.57. The maximum absolute atomic E-state index is 10.9. The number of rotatable bonds is 6. The number of aryl methyl sites for hydroxylation is 2. The van der Waals surface area contributed by atoms with Crippen molar-refractivity contribution >= 4 is 6.29 Å². The van der Waals surface area contributed by atoms with Gasteiger partial charge in [0.25, 0.3) is 0 Å². The second-order valence-electron chi connectivity index (χ2n) is 4.11. The lowest BCUT2D eigenvalue weighted by Crippen LogP contribution is -2.05.